The highest BCUT2D eigenvalue weighted by atomic mass is 32.2. The number of anilines is 1. The second-order valence-corrected chi connectivity index (χ2v) is 8.87. The fourth-order valence-corrected chi connectivity index (χ4v) is 4.30. The van der Waals surface area contributed by atoms with Gasteiger partial charge in [0.05, 0.1) is 27.2 Å². The Bertz CT molecular complexity index is 1400. The zero-order valence-corrected chi connectivity index (χ0v) is 17.9. The first-order valence-corrected chi connectivity index (χ1v) is 11.0. The molecule has 2 heterocycles. The lowest BCUT2D eigenvalue weighted by atomic mass is 10.0. The Morgan fingerprint density at radius 2 is 1.77 bits per heavy atom. The molecule has 0 atom stereocenters. The molecular weight excluding hydrogens is 416 g/mol. The molecule has 0 unspecified atom stereocenters. The number of hydrogen-bond donors (Lipinski definition) is 2. The molecule has 0 saturated heterocycles. The van der Waals surface area contributed by atoms with E-state index in [-0.39, 0.29) is 10.6 Å². The van der Waals surface area contributed by atoms with E-state index in [9.17, 15) is 13.2 Å². The molecular formula is C22H20N4O4S. The minimum absolute atomic E-state index is 0.0961. The van der Waals surface area contributed by atoms with Gasteiger partial charge in [-0.25, -0.2) is 18.1 Å². The Morgan fingerprint density at radius 1 is 1.03 bits per heavy atom. The Labute approximate surface area is 179 Å². The minimum atomic E-state index is -3.66. The van der Waals surface area contributed by atoms with Gasteiger partial charge in [0.15, 0.2) is 0 Å². The van der Waals surface area contributed by atoms with Gasteiger partial charge in [-0.2, -0.15) is 0 Å². The van der Waals surface area contributed by atoms with Crippen LogP contribution in [0.25, 0.3) is 22.4 Å². The number of fused-ring (bicyclic) bond motifs is 1. The van der Waals surface area contributed by atoms with Gasteiger partial charge >= 0.3 is 0 Å². The fraction of sp³-hybridized carbons (Fsp3) is 0.136. The molecule has 4 rings (SSSR count). The number of carbonyl (C=O) groups excluding carboxylic acids is 1. The van der Waals surface area contributed by atoms with Crippen molar-refractivity contribution in [2.75, 3.05) is 12.4 Å². The summed E-state index contributed by atoms with van der Waals surface area (Å²) in [5, 5.41) is 7.23. The first-order chi connectivity index (χ1) is 14.8. The molecule has 0 aliphatic heterocycles. The van der Waals surface area contributed by atoms with E-state index in [0.717, 1.165) is 5.56 Å². The number of aryl methyl sites for hydroxylation is 2. The SMILES string of the molecule is CNS(=O)(=O)c1cc(NC(=O)c2cc(-c3ccccc3)nc3onc(C)c23)ccc1C. The van der Waals surface area contributed by atoms with Crippen molar-refractivity contribution < 1.29 is 17.7 Å². The van der Waals surface area contributed by atoms with Crippen LogP contribution in [0.5, 0.6) is 0 Å². The first kappa shape index (κ1) is 20.7. The second-order valence-electron chi connectivity index (χ2n) is 7.01. The van der Waals surface area contributed by atoms with Crippen LogP contribution in [0.15, 0.2) is 64.0 Å². The molecule has 4 aromatic rings. The predicted octanol–water partition coefficient (Wildman–Crippen LogP) is 3.67. The fourth-order valence-electron chi connectivity index (χ4n) is 3.31. The van der Waals surface area contributed by atoms with E-state index in [1.165, 1.54) is 13.1 Å². The van der Waals surface area contributed by atoms with Crippen LogP contribution in [0.4, 0.5) is 5.69 Å². The van der Waals surface area contributed by atoms with Gasteiger partial charge < -0.3 is 9.84 Å². The van der Waals surface area contributed by atoms with Crippen molar-refractivity contribution >= 4 is 32.7 Å². The molecule has 2 aromatic carbocycles. The maximum absolute atomic E-state index is 13.2. The maximum atomic E-state index is 13.2. The van der Waals surface area contributed by atoms with Crippen molar-refractivity contribution in [3.63, 3.8) is 0 Å². The number of pyridine rings is 1. The molecule has 2 aromatic heterocycles. The Balaban J connectivity index is 1.78. The molecule has 31 heavy (non-hydrogen) atoms. The third-order valence-corrected chi connectivity index (χ3v) is 6.49. The quantitative estimate of drug-likeness (QED) is 0.493. The van der Waals surface area contributed by atoms with Crippen molar-refractivity contribution in [1.29, 1.82) is 0 Å². The van der Waals surface area contributed by atoms with Crippen LogP contribution < -0.4 is 10.0 Å². The van der Waals surface area contributed by atoms with E-state index in [1.807, 2.05) is 30.3 Å². The lowest BCUT2D eigenvalue weighted by Crippen LogP contribution is -2.20. The Morgan fingerprint density at radius 3 is 2.48 bits per heavy atom. The zero-order valence-electron chi connectivity index (χ0n) is 17.1. The third kappa shape index (κ3) is 3.92. The van der Waals surface area contributed by atoms with Crippen LogP contribution in [0.2, 0.25) is 0 Å². The van der Waals surface area contributed by atoms with E-state index in [0.29, 0.717) is 33.6 Å². The minimum Gasteiger partial charge on any atom is -0.335 e. The standard InChI is InChI=1S/C22H20N4O4S/c1-13-9-10-16(11-19(13)31(28,29)23-3)24-21(27)17-12-18(15-7-5-4-6-8-15)25-22-20(17)14(2)26-30-22/h4-12,23H,1-3H3,(H,24,27). The summed E-state index contributed by atoms with van der Waals surface area (Å²) in [5.41, 5.74) is 3.44. The van der Waals surface area contributed by atoms with Crippen LogP contribution >= 0.6 is 0 Å². The van der Waals surface area contributed by atoms with Crippen molar-refractivity contribution in [2.24, 2.45) is 0 Å². The van der Waals surface area contributed by atoms with Gasteiger partial charge in [0.2, 0.25) is 10.0 Å². The highest BCUT2D eigenvalue weighted by Crippen LogP contribution is 2.28. The first-order valence-electron chi connectivity index (χ1n) is 9.48. The van der Waals surface area contributed by atoms with Crippen LogP contribution in [0.3, 0.4) is 0 Å². The molecule has 0 fully saturated rings. The van der Waals surface area contributed by atoms with Gasteiger partial charge in [-0.05, 0) is 44.7 Å². The molecule has 158 valence electrons. The van der Waals surface area contributed by atoms with E-state index in [2.05, 4.69) is 20.2 Å². The summed E-state index contributed by atoms with van der Waals surface area (Å²) in [6.45, 7) is 3.42. The zero-order chi connectivity index (χ0) is 22.2. The number of nitrogens with one attached hydrogen (secondary N) is 2. The Hall–Kier alpha value is -3.56. The molecule has 9 heteroatoms. The van der Waals surface area contributed by atoms with E-state index in [1.54, 1.807) is 32.0 Å². The number of amides is 1. The molecule has 0 spiro atoms. The smallest absolute Gasteiger partial charge is 0.259 e. The highest BCUT2D eigenvalue weighted by molar-refractivity contribution is 7.89. The number of aromatic nitrogens is 2. The molecule has 2 N–H and O–H groups in total. The van der Waals surface area contributed by atoms with Crippen LogP contribution in [0.1, 0.15) is 21.6 Å². The maximum Gasteiger partial charge on any atom is 0.259 e. The number of nitrogens with zero attached hydrogens (tertiary/aromatic N) is 2. The molecule has 0 aliphatic rings. The van der Waals surface area contributed by atoms with Gasteiger partial charge in [0.25, 0.3) is 11.6 Å². The summed E-state index contributed by atoms with van der Waals surface area (Å²) >= 11 is 0. The van der Waals surface area contributed by atoms with Gasteiger partial charge in [-0.1, -0.05) is 41.6 Å². The van der Waals surface area contributed by atoms with Crippen LogP contribution in [-0.4, -0.2) is 31.5 Å². The second kappa shape index (κ2) is 7.93. The van der Waals surface area contributed by atoms with Crippen LogP contribution in [-0.2, 0) is 10.0 Å². The van der Waals surface area contributed by atoms with Crippen molar-refractivity contribution in [2.45, 2.75) is 18.7 Å². The van der Waals surface area contributed by atoms with E-state index in [4.69, 9.17) is 4.52 Å². The molecule has 1 amide bonds. The summed E-state index contributed by atoms with van der Waals surface area (Å²) in [6.07, 6.45) is 0. The average Bonchev–Trinajstić information content (AvgIpc) is 3.15. The summed E-state index contributed by atoms with van der Waals surface area (Å²) in [4.78, 5) is 17.8. The molecule has 0 aliphatic carbocycles. The lowest BCUT2D eigenvalue weighted by molar-refractivity contribution is 0.102. The number of hydrogen-bond acceptors (Lipinski definition) is 6. The van der Waals surface area contributed by atoms with E-state index >= 15 is 0 Å². The van der Waals surface area contributed by atoms with Gasteiger partial charge in [-0.15, -0.1) is 0 Å². The number of carbonyl (C=O) groups is 1. The number of rotatable bonds is 5. The van der Waals surface area contributed by atoms with Gasteiger partial charge in [0, 0.05) is 11.3 Å². The summed E-state index contributed by atoms with van der Waals surface area (Å²) < 4.78 is 32.1. The highest BCUT2D eigenvalue weighted by Gasteiger charge is 2.21. The molecule has 0 bridgehead atoms. The molecule has 0 saturated carbocycles. The predicted molar refractivity (Wildman–Crippen MR) is 117 cm³/mol. The van der Waals surface area contributed by atoms with Crippen molar-refractivity contribution in [3.05, 3.63) is 71.4 Å². The summed E-state index contributed by atoms with van der Waals surface area (Å²) in [7, 11) is -2.32. The van der Waals surface area contributed by atoms with Gasteiger partial charge in [-0.3, -0.25) is 4.79 Å². The lowest BCUT2D eigenvalue weighted by Gasteiger charge is -2.11. The van der Waals surface area contributed by atoms with Crippen molar-refractivity contribution in [3.8, 4) is 11.3 Å². The summed E-state index contributed by atoms with van der Waals surface area (Å²) in [5.74, 6) is -0.424. The largest absolute Gasteiger partial charge is 0.335 e. The van der Waals surface area contributed by atoms with E-state index < -0.39 is 15.9 Å². The number of sulfonamides is 1. The summed E-state index contributed by atoms with van der Waals surface area (Å²) in [6, 6.07) is 15.8. The third-order valence-electron chi connectivity index (χ3n) is 4.94. The topological polar surface area (TPSA) is 114 Å². The molecule has 0 radical (unpaired) electrons. The van der Waals surface area contributed by atoms with Crippen LogP contribution in [0, 0.1) is 13.8 Å². The normalized spacial score (nSPS) is 11.6. The van der Waals surface area contributed by atoms with Gasteiger partial charge in [0.1, 0.15) is 0 Å². The molecule has 8 nitrogen and oxygen atoms in total. The average molecular weight is 436 g/mol. The number of benzene rings is 2. The van der Waals surface area contributed by atoms with Crippen molar-refractivity contribution in [1.82, 2.24) is 14.9 Å². The Kier molecular flexibility index (Phi) is 5.30. The monoisotopic (exact) mass is 436 g/mol.